The Balaban J connectivity index is 1.84. The van der Waals surface area contributed by atoms with Gasteiger partial charge in [0.2, 0.25) is 0 Å². The van der Waals surface area contributed by atoms with E-state index >= 15 is 0 Å². The molecule has 0 unspecified atom stereocenters. The number of urea groups is 1. The lowest BCUT2D eigenvalue weighted by molar-refractivity contribution is 0.187. The first-order valence-electron chi connectivity index (χ1n) is 8.49. The van der Waals surface area contributed by atoms with Crippen molar-refractivity contribution in [2.75, 3.05) is 12.8 Å². The van der Waals surface area contributed by atoms with Crippen molar-refractivity contribution in [1.29, 1.82) is 0 Å². The molecular formula is C17H29N3O2S. The molecule has 0 bridgehead atoms. The van der Waals surface area contributed by atoms with Crippen LogP contribution in [-0.2, 0) is 6.42 Å². The first kappa shape index (κ1) is 18.2. The maximum absolute atomic E-state index is 12.5. The second-order valence-corrected chi connectivity index (χ2v) is 8.09. The topological polar surface area (TPSA) is 58.4 Å². The zero-order valence-electron chi connectivity index (χ0n) is 14.9. The molecule has 5 nitrogen and oxygen atoms in total. The van der Waals surface area contributed by atoms with Gasteiger partial charge in [-0.05, 0) is 52.2 Å². The zero-order valence-corrected chi connectivity index (χ0v) is 15.7. The van der Waals surface area contributed by atoms with E-state index in [1.807, 2.05) is 44.5 Å². The number of carbonyl (C=O) groups is 1. The van der Waals surface area contributed by atoms with Crippen molar-refractivity contribution < 1.29 is 9.32 Å². The molecule has 0 radical (unpaired) electrons. The lowest BCUT2D eigenvalue weighted by atomic mass is 10.1. The smallest absolute Gasteiger partial charge is 0.317 e. The standard InChI is InChI=1S/C17H29N3O2S/c1-6-23-15-8-7-14(10-15)20(5)17(21)18-11(2)9-16-12(3)19-22-13(16)4/h11,14-15H,6-10H2,1-5H3,(H,18,21)/t11-,14-,15-/m1/s1. The molecule has 1 fully saturated rings. The van der Waals surface area contributed by atoms with Gasteiger partial charge >= 0.3 is 6.03 Å². The first-order chi connectivity index (χ1) is 10.9. The van der Waals surface area contributed by atoms with Gasteiger partial charge in [0.25, 0.3) is 0 Å². The van der Waals surface area contributed by atoms with Crippen molar-refractivity contribution >= 4 is 17.8 Å². The van der Waals surface area contributed by atoms with Crippen molar-refractivity contribution in [3.63, 3.8) is 0 Å². The molecule has 0 aromatic carbocycles. The minimum absolute atomic E-state index is 0.0245. The summed E-state index contributed by atoms with van der Waals surface area (Å²) in [6.45, 7) is 8.09. The van der Waals surface area contributed by atoms with Gasteiger partial charge in [0.15, 0.2) is 0 Å². The van der Waals surface area contributed by atoms with Crippen molar-refractivity contribution in [3.05, 3.63) is 17.0 Å². The average Bonchev–Trinajstić information content (AvgIpc) is 3.09. The summed E-state index contributed by atoms with van der Waals surface area (Å²) in [4.78, 5) is 14.4. The lowest BCUT2D eigenvalue weighted by Crippen LogP contribution is -2.46. The highest BCUT2D eigenvalue weighted by molar-refractivity contribution is 7.99. The van der Waals surface area contributed by atoms with Gasteiger partial charge in [0.1, 0.15) is 5.76 Å². The molecule has 2 amide bonds. The van der Waals surface area contributed by atoms with Crippen LogP contribution in [0.1, 0.15) is 50.1 Å². The van der Waals surface area contributed by atoms with Crippen LogP contribution in [0.4, 0.5) is 4.79 Å². The van der Waals surface area contributed by atoms with Gasteiger partial charge in [0, 0.05) is 29.9 Å². The number of rotatable bonds is 6. The van der Waals surface area contributed by atoms with Crippen molar-refractivity contribution in [2.45, 2.75) is 70.7 Å². The van der Waals surface area contributed by atoms with Gasteiger partial charge in [-0.1, -0.05) is 12.1 Å². The van der Waals surface area contributed by atoms with Gasteiger partial charge < -0.3 is 14.7 Å². The number of aryl methyl sites for hydroxylation is 2. The van der Waals surface area contributed by atoms with E-state index in [-0.39, 0.29) is 12.1 Å². The Morgan fingerprint density at radius 2 is 2.22 bits per heavy atom. The molecule has 0 spiro atoms. The van der Waals surface area contributed by atoms with Crippen LogP contribution in [-0.4, -0.2) is 46.2 Å². The van der Waals surface area contributed by atoms with Crippen LogP contribution in [0.5, 0.6) is 0 Å². The molecule has 1 aromatic rings. The Kier molecular flexibility index (Phi) is 6.39. The van der Waals surface area contributed by atoms with Crippen LogP contribution < -0.4 is 5.32 Å². The lowest BCUT2D eigenvalue weighted by Gasteiger charge is -2.27. The van der Waals surface area contributed by atoms with Crippen molar-refractivity contribution in [3.8, 4) is 0 Å². The monoisotopic (exact) mass is 339 g/mol. The zero-order chi connectivity index (χ0) is 17.0. The minimum Gasteiger partial charge on any atom is -0.361 e. The number of aromatic nitrogens is 1. The molecule has 1 N–H and O–H groups in total. The molecule has 3 atom stereocenters. The number of hydrogen-bond acceptors (Lipinski definition) is 4. The highest BCUT2D eigenvalue weighted by Crippen LogP contribution is 2.32. The number of nitrogens with one attached hydrogen (secondary N) is 1. The van der Waals surface area contributed by atoms with Crippen LogP contribution in [0.15, 0.2) is 4.52 Å². The third-order valence-electron chi connectivity index (χ3n) is 4.69. The molecule has 0 aliphatic heterocycles. The van der Waals surface area contributed by atoms with Crippen LogP contribution in [0.25, 0.3) is 0 Å². The van der Waals surface area contributed by atoms with Gasteiger partial charge in [0.05, 0.1) is 5.69 Å². The summed E-state index contributed by atoms with van der Waals surface area (Å²) in [7, 11) is 1.92. The summed E-state index contributed by atoms with van der Waals surface area (Å²) in [6, 6.07) is 0.450. The fourth-order valence-corrected chi connectivity index (χ4v) is 4.42. The Morgan fingerprint density at radius 1 is 1.48 bits per heavy atom. The number of nitrogens with zero attached hydrogens (tertiary/aromatic N) is 2. The third-order valence-corrected chi connectivity index (χ3v) is 5.92. The number of carbonyl (C=O) groups excluding carboxylic acids is 1. The van der Waals surface area contributed by atoms with E-state index in [9.17, 15) is 4.79 Å². The van der Waals surface area contributed by atoms with Gasteiger partial charge in [-0.15, -0.1) is 0 Å². The SMILES string of the molecule is CCS[C@@H]1CC[C@@H](N(C)C(=O)N[C@H](C)Cc2c(C)noc2C)C1. The van der Waals surface area contributed by atoms with Crippen molar-refractivity contribution in [2.24, 2.45) is 0 Å². The molecule has 130 valence electrons. The van der Waals surface area contributed by atoms with Gasteiger partial charge in [-0.25, -0.2) is 4.79 Å². The van der Waals surface area contributed by atoms with Crippen molar-refractivity contribution in [1.82, 2.24) is 15.4 Å². The molecule has 2 rings (SSSR count). The van der Waals surface area contributed by atoms with Crippen LogP contribution in [0.3, 0.4) is 0 Å². The maximum atomic E-state index is 12.5. The number of thioether (sulfide) groups is 1. The molecule has 1 saturated carbocycles. The third kappa shape index (κ3) is 4.66. The summed E-state index contributed by atoms with van der Waals surface area (Å²) in [5.41, 5.74) is 2.01. The van der Waals surface area contributed by atoms with E-state index in [0.717, 1.165) is 42.0 Å². The maximum Gasteiger partial charge on any atom is 0.317 e. The minimum atomic E-state index is 0.0245. The molecule has 1 heterocycles. The molecule has 6 heteroatoms. The summed E-state index contributed by atoms with van der Waals surface area (Å²) in [5.74, 6) is 1.99. The predicted molar refractivity (Wildman–Crippen MR) is 95.0 cm³/mol. The number of amides is 2. The van der Waals surface area contributed by atoms with E-state index in [1.165, 1.54) is 6.42 Å². The summed E-state index contributed by atoms with van der Waals surface area (Å²) < 4.78 is 5.19. The Labute approximate surface area is 143 Å². The average molecular weight is 340 g/mol. The second kappa shape index (κ2) is 8.08. The highest BCUT2D eigenvalue weighted by Gasteiger charge is 2.30. The molecule has 1 aromatic heterocycles. The fraction of sp³-hybridized carbons (Fsp3) is 0.765. The van der Waals surface area contributed by atoms with Crippen LogP contribution in [0.2, 0.25) is 0 Å². The Morgan fingerprint density at radius 3 is 2.83 bits per heavy atom. The van der Waals surface area contributed by atoms with Crippen LogP contribution >= 0.6 is 11.8 Å². The van der Waals surface area contributed by atoms with Crippen LogP contribution in [0, 0.1) is 13.8 Å². The largest absolute Gasteiger partial charge is 0.361 e. The molecule has 1 aliphatic rings. The van der Waals surface area contributed by atoms with E-state index < -0.39 is 0 Å². The van der Waals surface area contributed by atoms with Gasteiger partial charge in [-0.2, -0.15) is 11.8 Å². The molecular weight excluding hydrogens is 310 g/mol. The van der Waals surface area contributed by atoms with E-state index in [1.54, 1.807) is 0 Å². The number of hydrogen-bond donors (Lipinski definition) is 1. The van der Waals surface area contributed by atoms with Gasteiger partial charge in [-0.3, -0.25) is 0 Å². The summed E-state index contributed by atoms with van der Waals surface area (Å²) >= 11 is 2.02. The van der Waals surface area contributed by atoms with E-state index in [2.05, 4.69) is 17.4 Å². The molecule has 0 saturated heterocycles. The second-order valence-electron chi connectivity index (χ2n) is 6.51. The summed E-state index contributed by atoms with van der Waals surface area (Å²) in [5, 5.41) is 7.79. The Bertz CT molecular complexity index is 512. The first-order valence-corrected chi connectivity index (χ1v) is 9.53. The normalized spacial score (nSPS) is 22.1. The van der Waals surface area contributed by atoms with E-state index in [4.69, 9.17) is 4.52 Å². The Hall–Kier alpha value is -1.17. The predicted octanol–water partition coefficient (Wildman–Crippen LogP) is 3.54. The fourth-order valence-electron chi connectivity index (χ4n) is 3.29. The molecule has 23 heavy (non-hydrogen) atoms. The molecule has 1 aliphatic carbocycles. The highest BCUT2D eigenvalue weighted by atomic mass is 32.2. The van der Waals surface area contributed by atoms with E-state index in [0.29, 0.717) is 11.3 Å². The quantitative estimate of drug-likeness (QED) is 0.861. The summed E-state index contributed by atoms with van der Waals surface area (Å²) in [6.07, 6.45) is 4.19.